The van der Waals surface area contributed by atoms with E-state index in [0.717, 1.165) is 30.3 Å². The molecule has 0 bridgehead atoms. The molecule has 0 amide bonds. The van der Waals surface area contributed by atoms with Crippen molar-refractivity contribution in [3.05, 3.63) is 83.4 Å². The van der Waals surface area contributed by atoms with Crippen molar-refractivity contribution in [3.63, 3.8) is 0 Å². The van der Waals surface area contributed by atoms with Gasteiger partial charge in [-0.1, -0.05) is 31.2 Å². The Morgan fingerprint density at radius 1 is 1.05 bits per heavy atom. The van der Waals surface area contributed by atoms with Gasteiger partial charge >= 0.3 is 0 Å². The molecule has 1 saturated carbocycles. The zero-order valence-corrected chi connectivity index (χ0v) is 21.9. The molecule has 1 saturated heterocycles. The second-order valence-electron chi connectivity index (χ2n) is 11.1. The highest BCUT2D eigenvalue weighted by molar-refractivity contribution is 6.00. The predicted octanol–water partition coefficient (Wildman–Crippen LogP) is 6.75. The van der Waals surface area contributed by atoms with Crippen LogP contribution in [0, 0.1) is 5.92 Å². The Morgan fingerprint density at radius 3 is 2.50 bits per heavy atom. The third-order valence-electron chi connectivity index (χ3n) is 8.06. The molecule has 6 rings (SSSR count). The first kappa shape index (κ1) is 24.8. The topological polar surface area (TPSA) is 62.2 Å². The molecule has 0 aromatic heterocycles. The number of benzene rings is 3. The third kappa shape index (κ3) is 4.73. The number of allylic oxidation sites excluding steroid dienone is 1. The van der Waals surface area contributed by atoms with E-state index in [0.29, 0.717) is 53.5 Å². The van der Waals surface area contributed by atoms with Crippen LogP contribution in [0.25, 0.3) is 11.1 Å². The van der Waals surface area contributed by atoms with Gasteiger partial charge in [-0.25, -0.2) is 4.39 Å². The zero-order chi connectivity index (χ0) is 26.4. The maximum Gasteiger partial charge on any atom is 0.150 e. The summed E-state index contributed by atoms with van der Waals surface area (Å²) < 4.78 is 28.6. The largest absolute Gasteiger partial charge is 0.508 e. The van der Waals surface area contributed by atoms with Crippen molar-refractivity contribution in [1.82, 2.24) is 4.90 Å². The molecule has 2 heterocycles. The number of ether oxygens (including phenoxy) is 2. The fourth-order valence-corrected chi connectivity index (χ4v) is 5.76. The second kappa shape index (κ2) is 9.66. The van der Waals surface area contributed by atoms with E-state index in [1.54, 1.807) is 36.4 Å². The number of phenolic OH excluding ortho intramolecular Hbond substituents is 2. The van der Waals surface area contributed by atoms with Crippen molar-refractivity contribution < 1.29 is 24.1 Å². The molecular weight excluding hydrogens is 481 g/mol. The first-order chi connectivity index (χ1) is 18.3. The summed E-state index contributed by atoms with van der Waals surface area (Å²) in [5, 5.41) is 20.5. The summed E-state index contributed by atoms with van der Waals surface area (Å²) in [5.41, 5.74) is 1.81. The molecule has 2 N–H and O–H groups in total. The van der Waals surface area contributed by atoms with Crippen molar-refractivity contribution in [2.45, 2.75) is 50.9 Å². The van der Waals surface area contributed by atoms with Gasteiger partial charge < -0.3 is 19.7 Å². The van der Waals surface area contributed by atoms with E-state index in [4.69, 9.17) is 9.47 Å². The lowest BCUT2D eigenvalue weighted by Crippen LogP contribution is -2.35. The van der Waals surface area contributed by atoms with Crippen LogP contribution >= 0.6 is 0 Å². The van der Waals surface area contributed by atoms with Crippen molar-refractivity contribution in [3.8, 4) is 23.0 Å². The highest BCUT2D eigenvalue weighted by Crippen LogP contribution is 2.59. The highest BCUT2D eigenvalue weighted by Gasteiger charge is 2.52. The molecule has 38 heavy (non-hydrogen) atoms. The van der Waals surface area contributed by atoms with E-state index in [-0.39, 0.29) is 11.5 Å². The Balaban J connectivity index is 1.34. The second-order valence-corrected chi connectivity index (χ2v) is 11.1. The average molecular weight is 516 g/mol. The Bertz CT molecular complexity index is 1360. The molecule has 5 nitrogen and oxygen atoms in total. The van der Waals surface area contributed by atoms with Crippen molar-refractivity contribution in [2.24, 2.45) is 5.92 Å². The number of phenols is 2. The third-order valence-corrected chi connectivity index (χ3v) is 8.06. The van der Waals surface area contributed by atoms with Gasteiger partial charge in [0, 0.05) is 29.3 Å². The van der Waals surface area contributed by atoms with Gasteiger partial charge in [0.2, 0.25) is 0 Å². The molecule has 1 aliphatic carbocycles. The van der Waals surface area contributed by atoms with Crippen molar-refractivity contribution in [2.75, 3.05) is 19.7 Å². The van der Waals surface area contributed by atoms with Gasteiger partial charge in [0.15, 0.2) is 0 Å². The lowest BCUT2D eigenvalue weighted by Gasteiger charge is -2.33. The molecule has 0 spiro atoms. The van der Waals surface area contributed by atoms with Crippen LogP contribution in [0.3, 0.4) is 0 Å². The minimum Gasteiger partial charge on any atom is -0.508 e. The molecule has 3 aromatic carbocycles. The van der Waals surface area contributed by atoms with Gasteiger partial charge in [-0.05, 0) is 92.2 Å². The maximum atomic E-state index is 16.0. The van der Waals surface area contributed by atoms with E-state index < -0.39 is 11.8 Å². The predicted molar refractivity (Wildman–Crippen MR) is 146 cm³/mol. The molecule has 2 fully saturated rings. The molecular formula is C32H34FNO4. The zero-order valence-electron chi connectivity index (χ0n) is 21.9. The summed E-state index contributed by atoms with van der Waals surface area (Å²) in [6, 6.07) is 19.8. The van der Waals surface area contributed by atoms with Gasteiger partial charge in [0.05, 0.1) is 0 Å². The molecule has 0 radical (unpaired) electrons. The number of rotatable bonds is 7. The summed E-state index contributed by atoms with van der Waals surface area (Å²) in [4.78, 5) is 2.47. The molecule has 3 aliphatic rings. The average Bonchev–Trinajstić information content (AvgIpc) is 3.51. The number of hydrogen-bond acceptors (Lipinski definition) is 5. The van der Waals surface area contributed by atoms with E-state index in [1.165, 1.54) is 6.42 Å². The van der Waals surface area contributed by atoms with Crippen LogP contribution in [0.4, 0.5) is 4.39 Å². The number of fused-ring (bicyclic) bond motifs is 1. The molecule has 198 valence electrons. The summed E-state index contributed by atoms with van der Waals surface area (Å²) in [6.07, 6.45) is 1.47. The highest BCUT2D eigenvalue weighted by atomic mass is 19.1. The van der Waals surface area contributed by atoms with Gasteiger partial charge in [-0.3, -0.25) is 4.90 Å². The van der Waals surface area contributed by atoms with E-state index in [2.05, 4.69) is 18.7 Å². The lowest BCUT2D eigenvalue weighted by atomic mass is 9.82. The van der Waals surface area contributed by atoms with Gasteiger partial charge in [0.1, 0.15) is 41.4 Å². The van der Waals surface area contributed by atoms with Crippen LogP contribution in [-0.2, 0) is 0 Å². The van der Waals surface area contributed by atoms with Crippen LogP contribution in [0.15, 0.2) is 66.7 Å². The summed E-state index contributed by atoms with van der Waals surface area (Å²) in [7, 11) is 0. The monoisotopic (exact) mass is 515 g/mol. The maximum absolute atomic E-state index is 16.0. The quantitative estimate of drug-likeness (QED) is 0.364. The minimum atomic E-state index is -1.50. The molecule has 6 heteroatoms. The number of hydrogen-bond donors (Lipinski definition) is 2. The van der Waals surface area contributed by atoms with Gasteiger partial charge in [-0.15, -0.1) is 0 Å². The number of halogens is 1. The lowest BCUT2D eigenvalue weighted by molar-refractivity contribution is 0.169. The van der Waals surface area contributed by atoms with Crippen molar-refractivity contribution >= 4 is 11.1 Å². The Labute approximate surface area is 223 Å². The fourth-order valence-electron chi connectivity index (χ4n) is 5.76. The molecule has 3 aromatic rings. The SMILES string of the molecule is CC1CCN(C(C)COc2ccc(C3Oc4ccc(O)cc4C(C4(F)CC4)=C3c3cccc(O)c3)cc2)C1. The Hall–Kier alpha value is -3.51. The van der Waals surface area contributed by atoms with E-state index >= 15 is 4.39 Å². The fraction of sp³-hybridized carbons (Fsp3) is 0.375. The van der Waals surface area contributed by atoms with Crippen molar-refractivity contribution in [1.29, 1.82) is 0 Å². The van der Waals surface area contributed by atoms with Gasteiger partial charge in [0.25, 0.3) is 0 Å². The number of aromatic hydroxyl groups is 2. The van der Waals surface area contributed by atoms with Crippen LogP contribution < -0.4 is 9.47 Å². The van der Waals surface area contributed by atoms with Crippen LogP contribution in [-0.4, -0.2) is 46.5 Å². The Morgan fingerprint density at radius 2 is 1.82 bits per heavy atom. The first-order valence-electron chi connectivity index (χ1n) is 13.5. The smallest absolute Gasteiger partial charge is 0.150 e. The summed E-state index contributed by atoms with van der Waals surface area (Å²) in [6.45, 7) is 7.34. The number of alkyl halides is 1. The minimum absolute atomic E-state index is 0.0573. The normalized spacial score (nSPS) is 23.0. The number of likely N-dealkylation sites (tertiary alicyclic amines) is 1. The van der Waals surface area contributed by atoms with E-state index in [9.17, 15) is 10.2 Å². The standard InChI is InChI=1S/C32H34FNO4/c1-20-12-15-34(18-20)21(2)19-37-26-9-6-22(7-10-26)31-29(23-4-3-5-24(35)16-23)30(32(33)13-14-32)27-17-25(36)8-11-28(27)38-31/h3-11,16-17,20-21,31,35-36H,12-15,18-19H2,1-2H3. The van der Waals surface area contributed by atoms with Crippen LogP contribution in [0.2, 0.25) is 0 Å². The van der Waals surface area contributed by atoms with Gasteiger partial charge in [-0.2, -0.15) is 0 Å². The molecule has 3 atom stereocenters. The van der Waals surface area contributed by atoms with Crippen LogP contribution in [0.1, 0.15) is 55.9 Å². The summed E-state index contributed by atoms with van der Waals surface area (Å²) >= 11 is 0. The van der Waals surface area contributed by atoms with E-state index in [1.807, 2.05) is 30.3 Å². The number of nitrogens with zero attached hydrogens (tertiary/aromatic N) is 1. The molecule has 2 aliphatic heterocycles. The summed E-state index contributed by atoms with van der Waals surface area (Å²) in [5.74, 6) is 2.20. The Kier molecular flexibility index (Phi) is 6.31. The van der Waals surface area contributed by atoms with Crippen LogP contribution in [0.5, 0.6) is 23.0 Å². The molecule has 3 unspecified atom stereocenters. The first-order valence-corrected chi connectivity index (χ1v) is 13.5.